The lowest BCUT2D eigenvalue weighted by atomic mass is 9.97. The average molecular weight is 384 g/mol. The van der Waals surface area contributed by atoms with Crippen LogP contribution in [0.1, 0.15) is 52.1 Å². The van der Waals surface area contributed by atoms with Crippen LogP contribution in [0, 0.1) is 0 Å². The molecule has 0 aliphatic heterocycles. The van der Waals surface area contributed by atoms with Crippen molar-refractivity contribution in [3.8, 4) is 0 Å². The number of aromatic nitrogens is 1. The number of anilines is 1. The van der Waals surface area contributed by atoms with Crippen molar-refractivity contribution in [2.75, 3.05) is 12.4 Å². The first kappa shape index (κ1) is 21.0. The highest BCUT2D eigenvalue weighted by Gasteiger charge is 2.45. The molecule has 0 spiro atoms. The first-order valence-electron chi connectivity index (χ1n) is 8.75. The van der Waals surface area contributed by atoms with Crippen molar-refractivity contribution in [3.63, 3.8) is 0 Å². The zero-order chi connectivity index (χ0) is 19.5. The van der Waals surface area contributed by atoms with Gasteiger partial charge in [-0.1, -0.05) is 11.7 Å². The molecule has 0 radical (unpaired) electrons. The van der Waals surface area contributed by atoms with Crippen LogP contribution >= 0.6 is 0 Å². The van der Waals surface area contributed by atoms with Gasteiger partial charge >= 0.3 is 0 Å². The monoisotopic (exact) mass is 384 g/mol. The number of methoxy groups -OCH3 is 1. The maximum atomic E-state index is 13.0. The molecule has 0 bridgehead atoms. The Morgan fingerprint density at radius 1 is 1.50 bits per heavy atom. The number of carbonyl (C=O) groups excluding carboxylic acids is 1. The lowest BCUT2D eigenvalue weighted by molar-refractivity contribution is -0.118. The zero-order valence-corrected chi connectivity index (χ0v) is 16.6. The molecule has 2 N–H and O–H groups in total. The minimum atomic E-state index is -1.33. The van der Waals surface area contributed by atoms with Crippen LogP contribution in [0.25, 0.3) is 5.57 Å². The number of aliphatic hydroxyl groups is 1. The summed E-state index contributed by atoms with van der Waals surface area (Å²) in [5.41, 5.74) is 0.763. The summed E-state index contributed by atoms with van der Waals surface area (Å²) in [6, 6.07) is 1.50. The molecule has 7 nitrogen and oxygen atoms in total. The summed E-state index contributed by atoms with van der Waals surface area (Å²) in [4.78, 5) is 12.7. The SMILES string of the molecule is C=C(c1cc(NC(=O)C(C)(C)[S+]([O-])[C@H]2CC[C@H](OC)CC2)on1)[C@H](C)O. The molecule has 2 atom stereocenters. The quantitative estimate of drug-likeness (QED) is 0.699. The van der Waals surface area contributed by atoms with Crippen LogP contribution in [-0.4, -0.2) is 50.0 Å². The zero-order valence-electron chi connectivity index (χ0n) is 15.8. The Morgan fingerprint density at radius 3 is 2.65 bits per heavy atom. The molecule has 1 aliphatic rings. The highest BCUT2D eigenvalue weighted by Crippen LogP contribution is 2.33. The normalized spacial score (nSPS) is 23.3. The Morgan fingerprint density at radius 2 is 2.12 bits per heavy atom. The summed E-state index contributed by atoms with van der Waals surface area (Å²) in [7, 11) is 1.69. The fourth-order valence-electron chi connectivity index (χ4n) is 2.95. The molecule has 1 aromatic rings. The van der Waals surface area contributed by atoms with Gasteiger partial charge in [-0.05, 0) is 57.6 Å². The molecule has 1 aliphatic carbocycles. The third-order valence-electron chi connectivity index (χ3n) is 4.89. The van der Waals surface area contributed by atoms with Crippen LogP contribution in [-0.2, 0) is 20.7 Å². The van der Waals surface area contributed by atoms with E-state index in [0.717, 1.165) is 25.7 Å². The molecular formula is C18H28N2O5S. The van der Waals surface area contributed by atoms with E-state index in [1.54, 1.807) is 27.9 Å². The van der Waals surface area contributed by atoms with E-state index in [-0.39, 0.29) is 17.2 Å². The van der Waals surface area contributed by atoms with Crippen LogP contribution in [0.5, 0.6) is 0 Å². The van der Waals surface area contributed by atoms with Crippen LogP contribution in [0.3, 0.4) is 0 Å². The van der Waals surface area contributed by atoms with E-state index in [9.17, 15) is 14.5 Å². The van der Waals surface area contributed by atoms with Gasteiger partial charge < -0.3 is 18.9 Å². The standard InChI is InChI=1S/C18H28N2O5S/c1-11(12(2)21)15-10-16(25-20-15)19-17(22)18(3,4)26(23)14-8-6-13(24-5)7-9-14/h10,12-14,21H,1,6-9H2,2-5H3,(H,19,22)/t12-,13-,14-,26?/m0/s1. The van der Waals surface area contributed by atoms with E-state index >= 15 is 0 Å². The Balaban J connectivity index is 2.00. The smallest absolute Gasteiger partial charge is 0.282 e. The van der Waals surface area contributed by atoms with Crippen molar-refractivity contribution in [2.24, 2.45) is 0 Å². The molecule has 1 aromatic heterocycles. The predicted molar refractivity (Wildman–Crippen MR) is 101 cm³/mol. The summed E-state index contributed by atoms with van der Waals surface area (Å²) in [6.07, 6.45) is 2.73. The number of ether oxygens (including phenoxy) is 1. The van der Waals surface area contributed by atoms with Crippen LogP contribution < -0.4 is 5.32 Å². The molecule has 0 saturated heterocycles. The van der Waals surface area contributed by atoms with Crippen molar-refractivity contribution in [1.82, 2.24) is 5.16 Å². The fourth-order valence-corrected chi connectivity index (χ4v) is 4.72. The molecule has 2 rings (SSSR count). The number of nitrogens with zero attached hydrogens (tertiary/aromatic N) is 1. The van der Waals surface area contributed by atoms with Gasteiger partial charge in [0, 0.05) is 18.7 Å². The Labute approximate surface area is 157 Å². The van der Waals surface area contributed by atoms with Gasteiger partial charge in [0.2, 0.25) is 5.88 Å². The number of nitrogens with one attached hydrogen (secondary N) is 1. The molecule has 26 heavy (non-hydrogen) atoms. The summed E-state index contributed by atoms with van der Waals surface area (Å²) >= 11 is -1.33. The van der Waals surface area contributed by atoms with Gasteiger partial charge in [-0.25, -0.2) is 0 Å². The predicted octanol–water partition coefficient (Wildman–Crippen LogP) is 2.49. The van der Waals surface area contributed by atoms with E-state index in [4.69, 9.17) is 9.26 Å². The third-order valence-corrected chi connectivity index (χ3v) is 7.16. The summed E-state index contributed by atoms with van der Waals surface area (Å²) in [5, 5.41) is 15.9. The highest BCUT2D eigenvalue weighted by atomic mass is 32.2. The number of rotatable bonds is 7. The third kappa shape index (κ3) is 4.68. The number of hydrogen-bond donors (Lipinski definition) is 2. The molecular weight excluding hydrogens is 356 g/mol. The van der Waals surface area contributed by atoms with E-state index in [2.05, 4.69) is 17.1 Å². The van der Waals surface area contributed by atoms with Gasteiger partial charge in [-0.3, -0.25) is 10.1 Å². The second kappa shape index (κ2) is 8.56. The number of hydrogen-bond acceptors (Lipinski definition) is 6. The van der Waals surface area contributed by atoms with Crippen LogP contribution in [0.2, 0.25) is 0 Å². The van der Waals surface area contributed by atoms with Crippen molar-refractivity contribution in [1.29, 1.82) is 0 Å². The van der Waals surface area contributed by atoms with Gasteiger partial charge in [0.25, 0.3) is 5.91 Å². The van der Waals surface area contributed by atoms with E-state index in [1.807, 2.05) is 0 Å². The second-order valence-corrected chi connectivity index (χ2v) is 9.46. The molecule has 0 aromatic carbocycles. The molecule has 1 heterocycles. The van der Waals surface area contributed by atoms with Gasteiger partial charge in [-0.2, -0.15) is 0 Å². The lowest BCUT2D eigenvalue weighted by Crippen LogP contribution is -2.49. The molecule has 1 fully saturated rings. The topological polar surface area (TPSA) is 108 Å². The molecule has 1 amide bonds. The van der Waals surface area contributed by atoms with Crippen molar-refractivity contribution < 1.29 is 23.7 Å². The number of carbonyl (C=O) groups is 1. The maximum Gasteiger partial charge on any atom is 0.282 e. The average Bonchev–Trinajstić information content (AvgIpc) is 3.08. The van der Waals surface area contributed by atoms with E-state index in [0.29, 0.717) is 11.3 Å². The highest BCUT2D eigenvalue weighted by molar-refractivity contribution is 7.94. The first-order chi connectivity index (χ1) is 12.2. The van der Waals surface area contributed by atoms with Crippen LogP contribution in [0.15, 0.2) is 17.2 Å². The maximum absolute atomic E-state index is 13.0. The molecule has 146 valence electrons. The minimum absolute atomic E-state index is 0.0255. The Bertz CT molecular complexity index is 635. The molecule has 8 heteroatoms. The largest absolute Gasteiger partial charge is 0.615 e. The summed E-state index contributed by atoms with van der Waals surface area (Å²) in [5.74, 6) is -0.255. The van der Waals surface area contributed by atoms with Gasteiger partial charge in [0.05, 0.1) is 12.2 Å². The van der Waals surface area contributed by atoms with Gasteiger partial charge in [0.15, 0.2) is 4.75 Å². The number of amides is 1. The van der Waals surface area contributed by atoms with Crippen LogP contribution in [0.4, 0.5) is 5.88 Å². The Kier molecular flexibility index (Phi) is 6.90. The number of aliphatic hydroxyl groups excluding tert-OH is 1. The van der Waals surface area contributed by atoms with Crippen molar-refractivity contribution >= 4 is 28.5 Å². The van der Waals surface area contributed by atoms with Crippen molar-refractivity contribution in [3.05, 3.63) is 18.3 Å². The van der Waals surface area contributed by atoms with Gasteiger partial charge in [-0.15, -0.1) is 0 Å². The summed E-state index contributed by atoms with van der Waals surface area (Å²) < 4.78 is 22.3. The lowest BCUT2D eigenvalue weighted by Gasteiger charge is -2.35. The van der Waals surface area contributed by atoms with E-state index in [1.165, 1.54) is 6.07 Å². The first-order valence-corrected chi connectivity index (χ1v) is 9.97. The van der Waals surface area contributed by atoms with E-state index < -0.39 is 27.9 Å². The van der Waals surface area contributed by atoms with Gasteiger partial charge in [0.1, 0.15) is 10.9 Å². The second-order valence-electron chi connectivity index (χ2n) is 7.17. The molecule has 1 saturated carbocycles. The molecule has 1 unspecified atom stereocenters. The van der Waals surface area contributed by atoms with Crippen molar-refractivity contribution in [2.45, 2.75) is 68.7 Å². The minimum Gasteiger partial charge on any atom is -0.615 e. The Hall–Kier alpha value is -1.35. The fraction of sp³-hybridized carbons (Fsp3) is 0.667. The summed E-state index contributed by atoms with van der Waals surface area (Å²) in [6.45, 7) is 8.64.